The number of ether oxygens (including phenoxy) is 1. The third-order valence-corrected chi connectivity index (χ3v) is 4.93. The minimum absolute atomic E-state index is 0.627. The van der Waals surface area contributed by atoms with Crippen molar-refractivity contribution in [1.29, 1.82) is 0 Å². The van der Waals surface area contributed by atoms with Gasteiger partial charge in [0, 0.05) is 26.1 Å². The summed E-state index contributed by atoms with van der Waals surface area (Å²) in [6, 6.07) is 21.3. The van der Waals surface area contributed by atoms with Crippen LogP contribution in [-0.4, -0.2) is 13.3 Å². The van der Waals surface area contributed by atoms with E-state index in [1.807, 2.05) is 36.4 Å². The van der Waals surface area contributed by atoms with E-state index in [1.165, 1.54) is 0 Å². The molecule has 0 fully saturated rings. The number of hydrogen-bond donors (Lipinski definition) is 0. The Bertz CT molecular complexity index is 877. The molecule has 3 rings (SSSR count). The van der Waals surface area contributed by atoms with Crippen molar-refractivity contribution in [2.24, 2.45) is 4.99 Å². The van der Waals surface area contributed by atoms with Crippen LogP contribution in [0.1, 0.15) is 5.56 Å². The lowest BCUT2D eigenvalue weighted by atomic mass is 10.2. The van der Waals surface area contributed by atoms with Crippen LogP contribution in [0.2, 0.25) is 10.0 Å². The Morgan fingerprint density at radius 3 is 2.08 bits per heavy atom. The van der Waals surface area contributed by atoms with Crippen molar-refractivity contribution >= 4 is 46.9 Å². The Morgan fingerprint density at radius 1 is 0.840 bits per heavy atom. The van der Waals surface area contributed by atoms with Gasteiger partial charge in [-0.25, -0.2) is 0 Å². The molecule has 0 aliphatic rings. The van der Waals surface area contributed by atoms with Crippen molar-refractivity contribution in [3.63, 3.8) is 0 Å². The molecular weight excluding hydrogens is 373 g/mol. The SMILES string of the molecule is COc1ccc(Cl)cc1N=Cc1ccc(Sc2ccc(Cl)cc2)cc1. The fourth-order valence-electron chi connectivity index (χ4n) is 2.17. The zero-order valence-corrected chi connectivity index (χ0v) is 15.8. The molecule has 126 valence electrons. The predicted octanol–water partition coefficient (Wildman–Crippen LogP) is 6.90. The Morgan fingerprint density at radius 2 is 1.44 bits per heavy atom. The van der Waals surface area contributed by atoms with E-state index in [1.54, 1.807) is 43.3 Å². The van der Waals surface area contributed by atoms with Gasteiger partial charge < -0.3 is 4.74 Å². The largest absolute Gasteiger partial charge is 0.494 e. The lowest BCUT2D eigenvalue weighted by molar-refractivity contribution is 0.416. The van der Waals surface area contributed by atoms with Crippen molar-refractivity contribution < 1.29 is 4.74 Å². The summed E-state index contributed by atoms with van der Waals surface area (Å²) >= 11 is 13.6. The Balaban J connectivity index is 1.72. The fraction of sp³-hybridized carbons (Fsp3) is 0.0500. The van der Waals surface area contributed by atoms with Gasteiger partial charge in [-0.15, -0.1) is 0 Å². The van der Waals surface area contributed by atoms with E-state index in [2.05, 4.69) is 17.1 Å². The number of aliphatic imine (C=N–C) groups is 1. The molecule has 0 saturated heterocycles. The standard InChI is InChI=1S/C20H15Cl2NOS/c1-24-20-11-6-16(22)12-19(20)23-13-14-2-7-17(8-3-14)25-18-9-4-15(21)5-10-18/h2-13H,1H3. The first-order valence-electron chi connectivity index (χ1n) is 7.55. The van der Waals surface area contributed by atoms with Crippen LogP contribution in [-0.2, 0) is 0 Å². The van der Waals surface area contributed by atoms with Crippen LogP contribution >= 0.6 is 35.0 Å². The summed E-state index contributed by atoms with van der Waals surface area (Å²) in [7, 11) is 1.62. The normalized spacial score (nSPS) is 11.0. The molecule has 2 nitrogen and oxygen atoms in total. The van der Waals surface area contributed by atoms with Crippen molar-refractivity contribution in [2.75, 3.05) is 7.11 Å². The molecule has 0 unspecified atom stereocenters. The Labute approximate surface area is 161 Å². The molecule has 0 aromatic heterocycles. The first kappa shape index (κ1) is 17.9. The number of halogens is 2. The van der Waals surface area contributed by atoms with E-state index in [0.717, 1.165) is 20.4 Å². The van der Waals surface area contributed by atoms with Gasteiger partial charge in [0.15, 0.2) is 0 Å². The molecular formula is C20H15Cl2NOS. The van der Waals surface area contributed by atoms with Gasteiger partial charge in [0.05, 0.1) is 7.11 Å². The molecule has 0 amide bonds. The fourth-order valence-corrected chi connectivity index (χ4v) is 3.28. The average molecular weight is 388 g/mol. The molecule has 25 heavy (non-hydrogen) atoms. The average Bonchev–Trinajstić information content (AvgIpc) is 2.63. The van der Waals surface area contributed by atoms with Gasteiger partial charge in [-0.05, 0) is 60.2 Å². The number of rotatable bonds is 5. The smallest absolute Gasteiger partial charge is 0.144 e. The van der Waals surface area contributed by atoms with Crippen LogP contribution in [0.4, 0.5) is 5.69 Å². The molecule has 5 heteroatoms. The molecule has 0 atom stereocenters. The summed E-state index contributed by atoms with van der Waals surface area (Å²) in [6.45, 7) is 0. The summed E-state index contributed by atoms with van der Waals surface area (Å²) in [5, 5.41) is 1.37. The highest BCUT2D eigenvalue weighted by atomic mass is 35.5. The zero-order valence-electron chi connectivity index (χ0n) is 13.4. The number of nitrogens with zero attached hydrogens (tertiary/aromatic N) is 1. The molecule has 0 heterocycles. The maximum Gasteiger partial charge on any atom is 0.144 e. The minimum atomic E-state index is 0.627. The summed E-state index contributed by atoms with van der Waals surface area (Å²) in [4.78, 5) is 6.78. The van der Waals surface area contributed by atoms with Gasteiger partial charge in [0.2, 0.25) is 0 Å². The maximum absolute atomic E-state index is 6.02. The van der Waals surface area contributed by atoms with Gasteiger partial charge in [-0.1, -0.05) is 47.1 Å². The van der Waals surface area contributed by atoms with Gasteiger partial charge >= 0.3 is 0 Å². The number of methoxy groups -OCH3 is 1. The highest BCUT2D eigenvalue weighted by Crippen LogP contribution is 2.31. The van der Waals surface area contributed by atoms with Crippen molar-refractivity contribution in [1.82, 2.24) is 0 Å². The van der Waals surface area contributed by atoms with Crippen LogP contribution in [0.3, 0.4) is 0 Å². The lowest BCUT2D eigenvalue weighted by Gasteiger charge is -2.04. The second-order valence-electron chi connectivity index (χ2n) is 5.20. The lowest BCUT2D eigenvalue weighted by Crippen LogP contribution is -1.85. The molecule has 0 spiro atoms. The first-order valence-corrected chi connectivity index (χ1v) is 9.12. The van der Waals surface area contributed by atoms with Gasteiger partial charge in [0.1, 0.15) is 11.4 Å². The molecule has 0 aliphatic carbocycles. The first-order chi connectivity index (χ1) is 12.1. The van der Waals surface area contributed by atoms with E-state index in [9.17, 15) is 0 Å². The third-order valence-electron chi connectivity index (χ3n) is 3.42. The van der Waals surface area contributed by atoms with E-state index in [4.69, 9.17) is 27.9 Å². The zero-order chi connectivity index (χ0) is 17.6. The van der Waals surface area contributed by atoms with E-state index in [-0.39, 0.29) is 0 Å². The quantitative estimate of drug-likeness (QED) is 0.443. The maximum atomic E-state index is 6.02. The molecule has 0 aliphatic heterocycles. The van der Waals surface area contributed by atoms with Crippen molar-refractivity contribution in [3.05, 3.63) is 82.3 Å². The topological polar surface area (TPSA) is 21.6 Å². The van der Waals surface area contributed by atoms with Gasteiger partial charge in [0.25, 0.3) is 0 Å². The van der Waals surface area contributed by atoms with E-state index < -0.39 is 0 Å². The number of hydrogen-bond acceptors (Lipinski definition) is 3. The second kappa shape index (κ2) is 8.43. The minimum Gasteiger partial charge on any atom is -0.494 e. The highest BCUT2D eigenvalue weighted by molar-refractivity contribution is 7.99. The van der Waals surface area contributed by atoms with Crippen LogP contribution in [0.25, 0.3) is 0 Å². The van der Waals surface area contributed by atoms with Crippen LogP contribution in [0.5, 0.6) is 5.75 Å². The van der Waals surface area contributed by atoms with E-state index >= 15 is 0 Å². The monoisotopic (exact) mass is 387 g/mol. The van der Waals surface area contributed by atoms with Crippen LogP contribution in [0, 0.1) is 0 Å². The predicted molar refractivity (Wildman–Crippen MR) is 107 cm³/mol. The Hall–Kier alpha value is -1.94. The molecule has 3 aromatic rings. The van der Waals surface area contributed by atoms with Gasteiger partial charge in [-0.2, -0.15) is 0 Å². The molecule has 0 saturated carbocycles. The van der Waals surface area contributed by atoms with Gasteiger partial charge in [-0.3, -0.25) is 4.99 Å². The number of benzene rings is 3. The van der Waals surface area contributed by atoms with Crippen molar-refractivity contribution in [2.45, 2.75) is 9.79 Å². The van der Waals surface area contributed by atoms with Crippen LogP contribution < -0.4 is 4.74 Å². The highest BCUT2D eigenvalue weighted by Gasteiger charge is 2.02. The van der Waals surface area contributed by atoms with Crippen LogP contribution in [0.15, 0.2) is 81.5 Å². The van der Waals surface area contributed by atoms with E-state index in [0.29, 0.717) is 16.5 Å². The molecule has 0 radical (unpaired) electrons. The second-order valence-corrected chi connectivity index (χ2v) is 7.22. The summed E-state index contributed by atoms with van der Waals surface area (Å²) in [5.74, 6) is 0.690. The molecule has 0 N–H and O–H groups in total. The Kier molecular flexibility index (Phi) is 6.03. The molecule has 3 aromatic carbocycles. The summed E-state index contributed by atoms with van der Waals surface area (Å²) < 4.78 is 5.30. The van der Waals surface area contributed by atoms with Crippen molar-refractivity contribution in [3.8, 4) is 5.75 Å². The summed E-state index contributed by atoms with van der Waals surface area (Å²) in [5.41, 5.74) is 1.71. The molecule has 0 bridgehead atoms. The summed E-state index contributed by atoms with van der Waals surface area (Å²) in [6.07, 6.45) is 1.80. The third kappa shape index (κ3) is 5.02.